The van der Waals surface area contributed by atoms with Gasteiger partial charge in [-0.1, -0.05) is 11.6 Å². The Kier molecular flexibility index (Phi) is 4.36. The summed E-state index contributed by atoms with van der Waals surface area (Å²) in [6.07, 6.45) is -3.34. The van der Waals surface area contributed by atoms with Gasteiger partial charge in [0, 0.05) is 19.3 Å². The lowest BCUT2D eigenvalue weighted by atomic mass is 9.99. The van der Waals surface area contributed by atoms with Gasteiger partial charge in [0.05, 0.1) is 10.9 Å². The summed E-state index contributed by atoms with van der Waals surface area (Å²) in [7, 11) is -4.06. The van der Waals surface area contributed by atoms with E-state index >= 15 is 0 Å². The largest absolute Gasteiger partial charge is 0.393 e. The van der Waals surface area contributed by atoms with Gasteiger partial charge in [0.15, 0.2) is 0 Å². The van der Waals surface area contributed by atoms with E-state index in [0.29, 0.717) is 0 Å². The average molecular weight is 344 g/mol. The fourth-order valence-corrected chi connectivity index (χ4v) is 3.88. The number of sulfonamides is 1. The minimum absolute atomic E-state index is 0.0386. The number of aromatic nitrogens is 1. The SMILES string of the molecule is Nc1ncc(S(=O)(=O)N2CCCC(C(F)(F)F)C2)cc1Cl. The first-order valence-electron chi connectivity index (χ1n) is 6.10. The second kappa shape index (κ2) is 5.62. The van der Waals surface area contributed by atoms with Gasteiger partial charge in [0.2, 0.25) is 10.0 Å². The third-order valence-corrected chi connectivity index (χ3v) is 5.46. The molecule has 2 rings (SSSR count). The molecule has 10 heteroatoms. The molecule has 21 heavy (non-hydrogen) atoms. The molecule has 0 aromatic carbocycles. The van der Waals surface area contributed by atoms with E-state index in [1.54, 1.807) is 0 Å². The van der Waals surface area contributed by atoms with Gasteiger partial charge in [-0.25, -0.2) is 13.4 Å². The van der Waals surface area contributed by atoms with Crippen LogP contribution < -0.4 is 5.73 Å². The number of hydrogen-bond donors (Lipinski definition) is 1. The molecule has 1 unspecified atom stereocenters. The van der Waals surface area contributed by atoms with Crippen LogP contribution in [0.5, 0.6) is 0 Å². The Morgan fingerprint density at radius 1 is 1.43 bits per heavy atom. The Bertz CT molecular complexity index is 636. The minimum Gasteiger partial charge on any atom is -0.382 e. The summed E-state index contributed by atoms with van der Waals surface area (Å²) in [5.74, 6) is -1.69. The average Bonchev–Trinajstić information content (AvgIpc) is 2.41. The maximum atomic E-state index is 12.8. The monoisotopic (exact) mass is 343 g/mol. The van der Waals surface area contributed by atoms with Crippen LogP contribution in [0.2, 0.25) is 5.02 Å². The number of hydrogen-bond acceptors (Lipinski definition) is 4. The van der Waals surface area contributed by atoms with E-state index in [0.717, 1.165) is 16.6 Å². The van der Waals surface area contributed by atoms with E-state index in [-0.39, 0.29) is 35.1 Å². The Balaban J connectivity index is 2.28. The molecule has 2 N–H and O–H groups in total. The van der Waals surface area contributed by atoms with Crippen molar-refractivity contribution in [1.82, 2.24) is 9.29 Å². The number of alkyl halides is 3. The predicted molar refractivity (Wildman–Crippen MR) is 71.2 cm³/mol. The summed E-state index contributed by atoms with van der Waals surface area (Å²) in [6, 6.07) is 1.09. The zero-order valence-corrected chi connectivity index (χ0v) is 12.3. The number of rotatable bonds is 2. The summed E-state index contributed by atoms with van der Waals surface area (Å²) in [6.45, 7) is -0.551. The van der Waals surface area contributed by atoms with Crippen molar-refractivity contribution < 1.29 is 21.6 Å². The zero-order chi connectivity index (χ0) is 15.8. The lowest BCUT2D eigenvalue weighted by Crippen LogP contribution is -2.44. The van der Waals surface area contributed by atoms with E-state index in [2.05, 4.69) is 4.98 Å². The van der Waals surface area contributed by atoms with E-state index in [1.165, 1.54) is 0 Å². The highest BCUT2D eigenvalue weighted by Crippen LogP contribution is 2.35. The van der Waals surface area contributed by atoms with Crippen molar-refractivity contribution in [3.05, 3.63) is 17.3 Å². The van der Waals surface area contributed by atoms with Gasteiger partial charge in [0.1, 0.15) is 10.7 Å². The summed E-state index contributed by atoms with van der Waals surface area (Å²) < 4.78 is 63.8. The van der Waals surface area contributed by atoms with Gasteiger partial charge in [-0.05, 0) is 18.9 Å². The topological polar surface area (TPSA) is 76.3 Å². The second-order valence-electron chi connectivity index (χ2n) is 4.78. The molecule has 1 aromatic heterocycles. The summed E-state index contributed by atoms with van der Waals surface area (Å²) >= 11 is 5.71. The molecule has 1 aromatic rings. The zero-order valence-electron chi connectivity index (χ0n) is 10.8. The molecule has 5 nitrogen and oxygen atoms in total. The fraction of sp³-hybridized carbons (Fsp3) is 0.545. The second-order valence-corrected chi connectivity index (χ2v) is 7.13. The van der Waals surface area contributed by atoms with Crippen molar-refractivity contribution in [2.75, 3.05) is 18.8 Å². The van der Waals surface area contributed by atoms with Gasteiger partial charge < -0.3 is 5.73 Å². The molecule has 1 atom stereocenters. The molecule has 1 aliphatic rings. The molecule has 1 fully saturated rings. The van der Waals surface area contributed by atoms with Gasteiger partial charge in [0.25, 0.3) is 0 Å². The van der Waals surface area contributed by atoms with Gasteiger partial charge in [-0.2, -0.15) is 17.5 Å². The van der Waals surface area contributed by atoms with Crippen LogP contribution in [0.1, 0.15) is 12.8 Å². The Morgan fingerprint density at radius 3 is 2.67 bits per heavy atom. The first-order chi connectivity index (χ1) is 9.62. The molecule has 118 valence electrons. The molecular formula is C11H13ClF3N3O2S. The Morgan fingerprint density at radius 2 is 2.10 bits per heavy atom. The molecule has 0 amide bonds. The number of anilines is 1. The first kappa shape index (κ1) is 16.3. The van der Waals surface area contributed by atoms with Crippen molar-refractivity contribution in [3.8, 4) is 0 Å². The first-order valence-corrected chi connectivity index (χ1v) is 7.92. The lowest BCUT2D eigenvalue weighted by molar-refractivity contribution is -0.182. The third kappa shape index (κ3) is 3.41. The van der Waals surface area contributed by atoms with Crippen LogP contribution in [0.4, 0.5) is 19.0 Å². The number of nitrogens with two attached hydrogens (primary N) is 1. The van der Waals surface area contributed by atoms with Crippen molar-refractivity contribution >= 4 is 27.4 Å². The molecule has 0 spiro atoms. The van der Waals surface area contributed by atoms with E-state index in [9.17, 15) is 21.6 Å². The highest BCUT2D eigenvalue weighted by atomic mass is 35.5. The number of pyridine rings is 1. The Hall–Kier alpha value is -1.06. The molecule has 0 saturated carbocycles. The molecule has 0 radical (unpaired) electrons. The molecule has 1 saturated heterocycles. The number of nitrogen functional groups attached to an aromatic ring is 1. The lowest BCUT2D eigenvalue weighted by Gasteiger charge is -2.32. The third-order valence-electron chi connectivity index (χ3n) is 3.33. The summed E-state index contributed by atoms with van der Waals surface area (Å²) in [5, 5.41) is -0.0551. The van der Waals surface area contributed by atoms with Crippen molar-refractivity contribution in [2.45, 2.75) is 23.9 Å². The van der Waals surface area contributed by atoms with Crippen molar-refractivity contribution in [2.24, 2.45) is 5.92 Å². The molecule has 0 aliphatic carbocycles. The van der Waals surface area contributed by atoms with E-state index in [4.69, 9.17) is 17.3 Å². The van der Waals surface area contributed by atoms with Gasteiger partial charge in [-0.15, -0.1) is 0 Å². The normalized spacial score (nSPS) is 21.4. The summed E-state index contributed by atoms with van der Waals surface area (Å²) in [4.78, 5) is 3.37. The van der Waals surface area contributed by atoms with Gasteiger partial charge in [-0.3, -0.25) is 0 Å². The molecule has 2 heterocycles. The smallest absolute Gasteiger partial charge is 0.382 e. The van der Waals surface area contributed by atoms with Crippen LogP contribution >= 0.6 is 11.6 Å². The quantitative estimate of drug-likeness (QED) is 0.893. The highest BCUT2D eigenvalue weighted by Gasteiger charge is 2.44. The predicted octanol–water partition coefficient (Wildman–Crippen LogP) is 2.28. The van der Waals surface area contributed by atoms with Crippen molar-refractivity contribution in [3.63, 3.8) is 0 Å². The van der Waals surface area contributed by atoms with E-state index < -0.39 is 28.7 Å². The number of nitrogens with zero attached hydrogens (tertiary/aromatic N) is 2. The van der Waals surface area contributed by atoms with Crippen LogP contribution in [-0.4, -0.2) is 37.0 Å². The van der Waals surface area contributed by atoms with E-state index in [1.807, 2.05) is 0 Å². The van der Waals surface area contributed by atoms with Crippen molar-refractivity contribution in [1.29, 1.82) is 0 Å². The Labute approximate surface area is 124 Å². The summed E-state index contributed by atoms with van der Waals surface area (Å²) in [5.41, 5.74) is 5.39. The van der Waals surface area contributed by atoms with Crippen LogP contribution in [0, 0.1) is 5.92 Å². The van der Waals surface area contributed by atoms with Crippen LogP contribution in [0.15, 0.2) is 17.2 Å². The maximum Gasteiger partial charge on any atom is 0.393 e. The molecule has 1 aliphatic heterocycles. The minimum atomic E-state index is -4.41. The van der Waals surface area contributed by atoms with Crippen LogP contribution in [0.3, 0.4) is 0 Å². The fourth-order valence-electron chi connectivity index (χ4n) is 2.15. The van der Waals surface area contributed by atoms with Gasteiger partial charge >= 0.3 is 6.18 Å². The van der Waals surface area contributed by atoms with Crippen LogP contribution in [-0.2, 0) is 10.0 Å². The number of halogens is 4. The maximum absolute atomic E-state index is 12.8. The number of piperidine rings is 1. The standard InChI is InChI=1S/C11H13ClF3N3O2S/c12-9-4-8(5-17-10(9)16)21(19,20)18-3-1-2-7(6-18)11(13,14)15/h4-5,7H,1-3,6H2,(H2,16,17). The molecular weight excluding hydrogens is 331 g/mol. The highest BCUT2D eigenvalue weighted by molar-refractivity contribution is 7.89. The molecule has 0 bridgehead atoms. The van der Waals surface area contributed by atoms with Crippen LogP contribution in [0.25, 0.3) is 0 Å².